The molecule has 0 bridgehead atoms. The SMILES string of the molecule is Cc1nc2c(cnn2C(C)C)cc1C(=O)N1CCCSc2ccccc21. The lowest BCUT2D eigenvalue weighted by atomic mass is 10.1. The Kier molecular flexibility index (Phi) is 4.44. The fourth-order valence-electron chi connectivity index (χ4n) is 3.34. The summed E-state index contributed by atoms with van der Waals surface area (Å²) in [7, 11) is 0. The van der Waals surface area contributed by atoms with Gasteiger partial charge in [0.15, 0.2) is 5.65 Å². The molecule has 3 heterocycles. The van der Waals surface area contributed by atoms with Gasteiger partial charge in [0, 0.05) is 22.9 Å². The summed E-state index contributed by atoms with van der Waals surface area (Å²) >= 11 is 1.82. The van der Waals surface area contributed by atoms with Gasteiger partial charge in [-0.3, -0.25) is 4.79 Å². The van der Waals surface area contributed by atoms with Crippen molar-refractivity contribution in [3.05, 3.63) is 47.8 Å². The summed E-state index contributed by atoms with van der Waals surface area (Å²) in [6, 6.07) is 10.3. The smallest absolute Gasteiger partial charge is 0.260 e. The number of carbonyl (C=O) groups is 1. The predicted octanol–water partition coefficient (Wildman–Crippen LogP) is 4.46. The third kappa shape index (κ3) is 2.88. The number of carbonyl (C=O) groups excluding carboxylic acids is 1. The molecule has 1 aromatic carbocycles. The van der Waals surface area contributed by atoms with Crippen molar-refractivity contribution in [2.75, 3.05) is 17.2 Å². The first kappa shape index (κ1) is 17.1. The van der Waals surface area contributed by atoms with Crippen molar-refractivity contribution in [1.29, 1.82) is 0 Å². The lowest BCUT2D eigenvalue weighted by Crippen LogP contribution is -2.32. The van der Waals surface area contributed by atoms with Crippen LogP contribution < -0.4 is 4.90 Å². The topological polar surface area (TPSA) is 51.0 Å². The predicted molar refractivity (Wildman–Crippen MR) is 106 cm³/mol. The molecule has 0 unspecified atom stereocenters. The number of anilines is 1. The molecule has 6 heteroatoms. The van der Waals surface area contributed by atoms with Gasteiger partial charge in [-0.25, -0.2) is 9.67 Å². The monoisotopic (exact) mass is 366 g/mol. The van der Waals surface area contributed by atoms with E-state index in [1.54, 1.807) is 6.20 Å². The minimum atomic E-state index is 0.0177. The van der Waals surface area contributed by atoms with E-state index in [1.165, 1.54) is 0 Å². The number of para-hydroxylation sites is 1. The maximum absolute atomic E-state index is 13.4. The number of nitrogens with zero attached hydrogens (tertiary/aromatic N) is 4. The van der Waals surface area contributed by atoms with Crippen molar-refractivity contribution in [2.45, 2.75) is 38.1 Å². The van der Waals surface area contributed by atoms with E-state index >= 15 is 0 Å². The number of pyridine rings is 1. The maximum Gasteiger partial charge on any atom is 0.260 e. The van der Waals surface area contributed by atoms with Gasteiger partial charge < -0.3 is 4.90 Å². The first-order valence-electron chi connectivity index (χ1n) is 8.95. The summed E-state index contributed by atoms with van der Waals surface area (Å²) < 4.78 is 1.90. The van der Waals surface area contributed by atoms with Gasteiger partial charge in [-0.2, -0.15) is 5.10 Å². The molecular weight excluding hydrogens is 344 g/mol. The molecule has 0 spiro atoms. The third-order valence-corrected chi connectivity index (χ3v) is 5.81. The summed E-state index contributed by atoms with van der Waals surface area (Å²) in [5, 5.41) is 5.33. The first-order valence-corrected chi connectivity index (χ1v) is 9.93. The van der Waals surface area contributed by atoms with E-state index in [0.29, 0.717) is 5.56 Å². The van der Waals surface area contributed by atoms with E-state index in [9.17, 15) is 4.79 Å². The normalized spacial score (nSPS) is 14.5. The van der Waals surface area contributed by atoms with Gasteiger partial charge in [-0.05, 0) is 51.1 Å². The molecular formula is C20H22N4OS. The zero-order valence-electron chi connectivity index (χ0n) is 15.3. The van der Waals surface area contributed by atoms with Gasteiger partial charge >= 0.3 is 0 Å². The molecule has 0 saturated heterocycles. The Labute approximate surface area is 157 Å². The number of hydrogen-bond donors (Lipinski definition) is 0. The summed E-state index contributed by atoms with van der Waals surface area (Å²) in [6.45, 7) is 6.79. The fourth-order valence-corrected chi connectivity index (χ4v) is 4.34. The highest BCUT2D eigenvalue weighted by molar-refractivity contribution is 7.99. The van der Waals surface area contributed by atoms with Crippen LogP contribution >= 0.6 is 11.8 Å². The average molecular weight is 366 g/mol. The molecule has 4 rings (SSSR count). The number of amides is 1. The van der Waals surface area contributed by atoms with Crippen molar-refractivity contribution >= 4 is 34.4 Å². The van der Waals surface area contributed by atoms with Crippen LogP contribution in [0.3, 0.4) is 0 Å². The third-order valence-electron chi connectivity index (χ3n) is 4.66. The first-order chi connectivity index (χ1) is 12.6. The molecule has 26 heavy (non-hydrogen) atoms. The molecule has 5 nitrogen and oxygen atoms in total. The van der Waals surface area contributed by atoms with Gasteiger partial charge in [0.05, 0.1) is 23.1 Å². The van der Waals surface area contributed by atoms with E-state index in [2.05, 4.69) is 25.0 Å². The number of benzene rings is 1. The molecule has 0 atom stereocenters. The lowest BCUT2D eigenvalue weighted by molar-refractivity contribution is 0.0986. The van der Waals surface area contributed by atoms with E-state index in [-0.39, 0.29) is 11.9 Å². The highest BCUT2D eigenvalue weighted by Crippen LogP contribution is 2.34. The number of aromatic nitrogens is 3. The van der Waals surface area contributed by atoms with Crippen LogP contribution in [0.5, 0.6) is 0 Å². The Hall–Kier alpha value is -2.34. The van der Waals surface area contributed by atoms with Gasteiger partial charge in [-0.1, -0.05) is 12.1 Å². The van der Waals surface area contributed by atoms with E-state index in [4.69, 9.17) is 4.98 Å². The average Bonchev–Trinajstić information content (AvgIpc) is 2.91. The number of rotatable bonds is 2. The number of aryl methyl sites for hydroxylation is 1. The van der Waals surface area contributed by atoms with Crippen LogP contribution in [0.1, 0.15) is 42.4 Å². The van der Waals surface area contributed by atoms with Crippen molar-refractivity contribution in [2.24, 2.45) is 0 Å². The summed E-state index contributed by atoms with van der Waals surface area (Å²) in [5.74, 6) is 1.04. The quantitative estimate of drug-likeness (QED) is 0.672. The molecule has 0 aliphatic carbocycles. The molecule has 1 aliphatic rings. The van der Waals surface area contributed by atoms with Crippen LogP contribution in [0.4, 0.5) is 5.69 Å². The molecule has 1 aliphatic heterocycles. The second-order valence-corrected chi connectivity index (χ2v) is 7.98. The number of hydrogen-bond acceptors (Lipinski definition) is 4. The van der Waals surface area contributed by atoms with E-state index in [1.807, 2.05) is 52.5 Å². The zero-order valence-corrected chi connectivity index (χ0v) is 16.1. The van der Waals surface area contributed by atoms with Crippen molar-refractivity contribution < 1.29 is 4.79 Å². The van der Waals surface area contributed by atoms with E-state index in [0.717, 1.165) is 46.0 Å². The largest absolute Gasteiger partial charge is 0.307 e. The van der Waals surface area contributed by atoms with Crippen LogP contribution in [-0.2, 0) is 0 Å². The van der Waals surface area contributed by atoms with Gasteiger partial charge in [0.1, 0.15) is 0 Å². The lowest BCUT2D eigenvalue weighted by Gasteiger charge is -2.23. The van der Waals surface area contributed by atoms with Crippen LogP contribution in [0.2, 0.25) is 0 Å². The Balaban J connectivity index is 1.78. The van der Waals surface area contributed by atoms with Crippen molar-refractivity contribution in [1.82, 2.24) is 14.8 Å². The molecule has 2 aromatic heterocycles. The molecule has 0 saturated carbocycles. The highest BCUT2D eigenvalue weighted by atomic mass is 32.2. The van der Waals surface area contributed by atoms with Crippen LogP contribution in [0.15, 0.2) is 41.4 Å². The Bertz CT molecular complexity index is 979. The molecule has 0 fully saturated rings. The summed E-state index contributed by atoms with van der Waals surface area (Å²) in [5.41, 5.74) is 3.24. The van der Waals surface area contributed by atoms with Crippen LogP contribution in [0.25, 0.3) is 11.0 Å². The highest BCUT2D eigenvalue weighted by Gasteiger charge is 2.25. The second kappa shape index (κ2) is 6.76. The van der Waals surface area contributed by atoms with Gasteiger partial charge in [-0.15, -0.1) is 11.8 Å². The minimum Gasteiger partial charge on any atom is -0.307 e. The maximum atomic E-state index is 13.4. The van der Waals surface area contributed by atoms with Crippen molar-refractivity contribution in [3.63, 3.8) is 0 Å². The molecule has 0 radical (unpaired) electrons. The minimum absolute atomic E-state index is 0.0177. The Morgan fingerprint density at radius 2 is 2.08 bits per heavy atom. The Morgan fingerprint density at radius 3 is 2.88 bits per heavy atom. The Morgan fingerprint density at radius 1 is 1.27 bits per heavy atom. The second-order valence-electron chi connectivity index (χ2n) is 6.84. The molecule has 0 N–H and O–H groups in total. The number of fused-ring (bicyclic) bond motifs is 2. The molecule has 134 valence electrons. The summed E-state index contributed by atoms with van der Waals surface area (Å²) in [4.78, 5) is 21.1. The number of thioether (sulfide) groups is 1. The van der Waals surface area contributed by atoms with Crippen molar-refractivity contribution in [3.8, 4) is 0 Å². The van der Waals surface area contributed by atoms with Crippen LogP contribution in [-0.4, -0.2) is 33.0 Å². The molecule has 1 amide bonds. The van der Waals surface area contributed by atoms with Crippen LogP contribution in [0, 0.1) is 6.92 Å². The molecule has 3 aromatic rings. The standard InChI is InChI=1S/C20H22N4OS/c1-13(2)24-19-15(12-21-24)11-16(14(3)22-19)20(25)23-9-6-10-26-18-8-5-4-7-17(18)23/h4-5,7-8,11-13H,6,9-10H2,1-3H3. The van der Waals surface area contributed by atoms with E-state index < -0.39 is 0 Å². The summed E-state index contributed by atoms with van der Waals surface area (Å²) in [6.07, 6.45) is 2.77. The van der Waals surface area contributed by atoms with Gasteiger partial charge in [0.2, 0.25) is 0 Å². The van der Waals surface area contributed by atoms with Gasteiger partial charge in [0.25, 0.3) is 5.91 Å². The zero-order chi connectivity index (χ0) is 18.3. The fraction of sp³-hybridized carbons (Fsp3) is 0.350.